The average Bonchev–Trinajstić information content (AvgIpc) is 1.58. The zero-order chi connectivity index (χ0) is 9.50. The lowest BCUT2D eigenvalue weighted by molar-refractivity contribution is 1.12. The first-order chi connectivity index (χ1) is 4.50. The lowest BCUT2D eigenvalue weighted by atomic mass is 10.6. The number of hydrogen-bond donors (Lipinski definition) is 0. The van der Waals surface area contributed by atoms with Gasteiger partial charge in [0.2, 0.25) is 0 Å². The van der Waals surface area contributed by atoms with Gasteiger partial charge in [0.25, 0.3) is 0 Å². The van der Waals surface area contributed by atoms with E-state index in [2.05, 4.69) is 0 Å². The summed E-state index contributed by atoms with van der Waals surface area (Å²) in [4.78, 5) is 0. The van der Waals surface area contributed by atoms with Gasteiger partial charge in [-0.2, -0.15) is 0 Å². The molecule has 3 heteroatoms. The number of hydrogen-bond acceptors (Lipinski definition) is 0. The molecule has 0 aliphatic carbocycles. The molecule has 0 fully saturated rings. The van der Waals surface area contributed by atoms with Crippen LogP contribution in [-0.4, -0.2) is 17.0 Å². The minimum atomic E-state index is -2.72. The van der Waals surface area contributed by atoms with Crippen molar-refractivity contribution in [3.63, 3.8) is 0 Å². The van der Waals surface area contributed by atoms with E-state index in [1.807, 2.05) is 0 Å². The number of rotatable bonds is 2. The van der Waals surface area contributed by atoms with Crippen molar-refractivity contribution in [2.75, 3.05) is 11.7 Å². The highest BCUT2D eigenvalue weighted by atomic mass is 35.5. The van der Waals surface area contributed by atoms with Gasteiger partial charge in [0.1, 0.15) is 0 Å². The summed E-state index contributed by atoms with van der Waals surface area (Å²) < 4.78 is 34.1. The standard InChI is InChI=1S/C3H5Cl3/c4-1-3(6)2-5/h3H,1-2H2/i1D2,2D2,3D. The van der Waals surface area contributed by atoms with E-state index in [0.29, 0.717) is 0 Å². The van der Waals surface area contributed by atoms with Crippen molar-refractivity contribution in [3.8, 4) is 0 Å². The monoisotopic (exact) mass is 151 g/mol. The van der Waals surface area contributed by atoms with Crippen LogP contribution in [0.3, 0.4) is 0 Å². The molecule has 0 aromatic carbocycles. The van der Waals surface area contributed by atoms with E-state index in [9.17, 15) is 0 Å². The Hall–Kier alpha value is 0.870. The highest BCUT2D eigenvalue weighted by Gasteiger charge is 1.95. The Bertz CT molecular complexity index is 128. The minimum Gasteiger partial charge on any atom is -0.125 e. The van der Waals surface area contributed by atoms with Crippen LogP contribution in [0, 0.1) is 0 Å². The van der Waals surface area contributed by atoms with Crippen molar-refractivity contribution in [1.82, 2.24) is 0 Å². The Morgan fingerprint density at radius 1 is 1.67 bits per heavy atom. The van der Waals surface area contributed by atoms with Crippen LogP contribution in [0.15, 0.2) is 0 Å². The fourth-order valence-corrected chi connectivity index (χ4v) is 0.161. The Morgan fingerprint density at radius 3 is 2.00 bits per heavy atom. The second-order valence-electron chi connectivity index (χ2n) is 0.503. The molecule has 0 spiro atoms. The van der Waals surface area contributed by atoms with Crippen molar-refractivity contribution in [2.24, 2.45) is 0 Å². The van der Waals surface area contributed by atoms with Crippen molar-refractivity contribution in [2.45, 2.75) is 5.35 Å². The third-order valence-corrected chi connectivity index (χ3v) is 0.926. The van der Waals surface area contributed by atoms with E-state index < -0.39 is 17.0 Å². The van der Waals surface area contributed by atoms with Gasteiger partial charge in [0.15, 0.2) is 0 Å². The van der Waals surface area contributed by atoms with E-state index in [-0.39, 0.29) is 0 Å². The molecule has 0 amide bonds. The highest BCUT2D eigenvalue weighted by molar-refractivity contribution is 6.32. The molecule has 0 unspecified atom stereocenters. The van der Waals surface area contributed by atoms with Gasteiger partial charge in [0.05, 0.1) is 5.35 Å². The van der Waals surface area contributed by atoms with E-state index in [0.717, 1.165) is 0 Å². The summed E-state index contributed by atoms with van der Waals surface area (Å²) in [6, 6.07) is 0. The van der Waals surface area contributed by atoms with Gasteiger partial charge >= 0.3 is 0 Å². The molecule has 0 N–H and O–H groups in total. The Kier molecular flexibility index (Phi) is 1.35. The molecule has 0 aliphatic rings. The maximum absolute atomic E-state index is 6.98. The number of alkyl halides is 3. The Balaban J connectivity index is 4.75. The van der Waals surface area contributed by atoms with Crippen molar-refractivity contribution >= 4 is 34.8 Å². The van der Waals surface area contributed by atoms with Crippen LogP contribution in [0.5, 0.6) is 0 Å². The topological polar surface area (TPSA) is 0 Å². The highest BCUT2D eigenvalue weighted by Crippen LogP contribution is 1.99. The summed E-state index contributed by atoms with van der Waals surface area (Å²) in [7, 11) is 0. The summed E-state index contributed by atoms with van der Waals surface area (Å²) in [6.45, 7) is 0. The predicted octanol–water partition coefficient (Wildman–Crippen LogP) is 2.07. The fourth-order valence-electron chi connectivity index (χ4n) is 0.0179. The minimum absolute atomic E-state index is 2.71. The van der Waals surface area contributed by atoms with E-state index >= 15 is 0 Å². The molecule has 0 radical (unpaired) electrons. The molecule has 0 nitrogen and oxygen atoms in total. The second kappa shape index (κ2) is 4.04. The van der Waals surface area contributed by atoms with Crippen LogP contribution in [-0.2, 0) is 0 Å². The summed E-state index contributed by atoms with van der Waals surface area (Å²) in [5.74, 6) is -5.44. The first-order valence-corrected chi connectivity index (χ1v) is 2.20. The van der Waals surface area contributed by atoms with Crippen LogP contribution >= 0.6 is 34.8 Å². The van der Waals surface area contributed by atoms with Gasteiger partial charge in [0, 0.05) is 18.5 Å². The first-order valence-electron chi connectivity index (χ1n) is 3.57. The molecular formula is C3H5Cl3. The molecule has 0 bridgehead atoms. The molecular weight excluding hydrogens is 142 g/mol. The number of halogens is 3. The van der Waals surface area contributed by atoms with Gasteiger partial charge in [-0.1, -0.05) is 0 Å². The Morgan fingerprint density at radius 2 is 2.00 bits per heavy atom. The normalized spacial score (nSPS) is 28.8. The van der Waals surface area contributed by atoms with Crippen LogP contribution in [0.2, 0.25) is 0 Å². The summed E-state index contributed by atoms with van der Waals surface area (Å²) >= 11 is 15.1. The first kappa shape index (κ1) is 2.00. The molecule has 0 rings (SSSR count). The molecule has 0 saturated heterocycles. The van der Waals surface area contributed by atoms with Crippen molar-refractivity contribution in [1.29, 1.82) is 0 Å². The van der Waals surface area contributed by atoms with E-state index in [4.69, 9.17) is 41.7 Å². The third kappa shape index (κ3) is 3.08. The quantitative estimate of drug-likeness (QED) is 0.532. The molecule has 0 atom stereocenters. The third-order valence-electron chi connectivity index (χ3n) is 0.166. The van der Waals surface area contributed by atoms with Crippen molar-refractivity contribution in [3.05, 3.63) is 0 Å². The maximum Gasteiger partial charge on any atom is 0.0606 e. The van der Waals surface area contributed by atoms with Crippen LogP contribution in [0.25, 0.3) is 0 Å². The molecule has 0 aromatic rings. The van der Waals surface area contributed by atoms with Crippen LogP contribution < -0.4 is 0 Å². The van der Waals surface area contributed by atoms with Gasteiger partial charge in [-0.05, 0) is 0 Å². The summed E-state index contributed by atoms with van der Waals surface area (Å²) in [6.07, 6.45) is 0. The molecule has 38 valence electrons. The van der Waals surface area contributed by atoms with Crippen LogP contribution in [0.4, 0.5) is 0 Å². The lowest BCUT2D eigenvalue weighted by Crippen LogP contribution is -1.99. The molecule has 6 heavy (non-hydrogen) atoms. The molecule has 0 aromatic heterocycles. The van der Waals surface area contributed by atoms with Crippen molar-refractivity contribution < 1.29 is 6.85 Å². The van der Waals surface area contributed by atoms with Crippen LogP contribution in [0.1, 0.15) is 6.85 Å². The van der Waals surface area contributed by atoms with E-state index in [1.165, 1.54) is 0 Å². The lowest BCUT2D eigenvalue weighted by Gasteiger charge is -1.92. The zero-order valence-electron chi connectivity index (χ0n) is 7.63. The van der Waals surface area contributed by atoms with Gasteiger partial charge in [-0.3, -0.25) is 0 Å². The smallest absolute Gasteiger partial charge is 0.0606 e. The van der Waals surface area contributed by atoms with Gasteiger partial charge in [-0.15, -0.1) is 34.8 Å². The largest absolute Gasteiger partial charge is 0.125 e. The fraction of sp³-hybridized carbons (Fsp3) is 1.00. The molecule has 0 saturated carbocycles. The second-order valence-corrected chi connectivity index (χ2v) is 1.26. The van der Waals surface area contributed by atoms with E-state index in [1.54, 1.807) is 0 Å². The maximum atomic E-state index is 6.98. The molecule has 0 heterocycles. The van der Waals surface area contributed by atoms with Gasteiger partial charge < -0.3 is 0 Å². The zero-order valence-corrected chi connectivity index (χ0v) is 4.90. The molecule has 0 aliphatic heterocycles. The average molecular weight is 152 g/mol. The predicted molar refractivity (Wildman–Crippen MR) is 31.1 cm³/mol. The van der Waals surface area contributed by atoms with Gasteiger partial charge in [-0.25, -0.2) is 0 Å². The Labute approximate surface area is 59.4 Å². The SMILES string of the molecule is [2H]C([2H])(Cl)C([2H])(Cl)C([2H])([2H])Cl. The summed E-state index contributed by atoms with van der Waals surface area (Å²) in [5.41, 5.74) is 0. The summed E-state index contributed by atoms with van der Waals surface area (Å²) in [5, 5.41) is -2.71.